The van der Waals surface area contributed by atoms with Crippen LogP contribution in [0.25, 0.3) is 0 Å². The van der Waals surface area contributed by atoms with Crippen LogP contribution in [0, 0.1) is 0 Å². The Bertz CT molecular complexity index is 672. The molecule has 4 heteroatoms. The van der Waals surface area contributed by atoms with Gasteiger partial charge in [-0.2, -0.15) is 0 Å². The van der Waals surface area contributed by atoms with Crippen molar-refractivity contribution in [3.63, 3.8) is 0 Å². The van der Waals surface area contributed by atoms with Crippen LogP contribution in [-0.4, -0.2) is 14.2 Å². The van der Waals surface area contributed by atoms with Gasteiger partial charge < -0.3 is 9.47 Å². The third-order valence-corrected chi connectivity index (χ3v) is 5.27. The molecule has 0 aromatic heterocycles. The lowest BCUT2D eigenvalue weighted by Gasteiger charge is -2.34. The van der Waals surface area contributed by atoms with Crippen LogP contribution < -0.4 is 9.47 Å². The Hall–Kier alpha value is -1.19. The highest BCUT2D eigenvalue weighted by Gasteiger charge is 2.33. The first-order chi connectivity index (χ1) is 10.2. The van der Waals surface area contributed by atoms with Gasteiger partial charge in [0.25, 0.3) is 0 Å². The zero-order chi connectivity index (χ0) is 15.0. The summed E-state index contributed by atoms with van der Waals surface area (Å²) in [4.78, 5) is 0. The minimum absolute atomic E-state index is 0.0888. The molecule has 2 unspecified atom stereocenters. The normalized spacial score (nSPS) is 17.6. The SMILES string of the molecule is COc1cc(Br)c(C(Cl)C2Cc3ccccc32)cc1OC. The highest BCUT2D eigenvalue weighted by molar-refractivity contribution is 9.10. The summed E-state index contributed by atoms with van der Waals surface area (Å²) in [5.41, 5.74) is 3.78. The summed E-state index contributed by atoms with van der Waals surface area (Å²) in [6, 6.07) is 12.3. The topological polar surface area (TPSA) is 18.5 Å². The molecule has 1 aliphatic carbocycles. The molecule has 110 valence electrons. The minimum atomic E-state index is -0.0888. The second-order valence-corrected chi connectivity index (χ2v) is 6.46. The van der Waals surface area contributed by atoms with Crippen molar-refractivity contribution >= 4 is 27.5 Å². The van der Waals surface area contributed by atoms with Gasteiger partial charge in [-0.1, -0.05) is 40.2 Å². The van der Waals surface area contributed by atoms with E-state index in [-0.39, 0.29) is 5.38 Å². The maximum Gasteiger partial charge on any atom is 0.161 e. The standard InChI is InChI=1S/C17H16BrClO2/c1-20-15-8-13(14(18)9-16(15)21-2)17(19)12-7-10-5-3-4-6-11(10)12/h3-6,8-9,12,17H,7H2,1-2H3. The molecular formula is C17H16BrClO2. The summed E-state index contributed by atoms with van der Waals surface area (Å²) >= 11 is 10.3. The monoisotopic (exact) mass is 366 g/mol. The smallest absolute Gasteiger partial charge is 0.161 e. The van der Waals surface area contributed by atoms with Gasteiger partial charge in [0, 0.05) is 10.4 Å². The van der Waals surface area contributed by atoms with Crippen molar-refractivity contribution in [3.8, 4) is 11.5 Å². The summed E-state index contributed by atoms with van der Waals surface area (Å²) in [7, 11) is 3.27. The predicted molar refractivity (Wildman–Crippen MR) is 88.7 cm³/mol. The fraction of sp³-hybridized carbons (Fsp3) is 0.294. The third-order valence-electron chi connectivity index (χ3n) is 4.05. The van der Waals surface area contributed by atoms with Gasteiger partial charge in [0.15, 0.2) is 11.5 Å². The van der Waals surface area contributed by atoms with Gasteiger partial charge in [-0.05, 0) is 35.2 Å². The first-order valence-corrected chi connectivity index (χ1v) is 8.02. The van der Waals surface area contributed by atoms with Crippen molar-refractivity contribution < 1.29 is 9.47 Å². The second kappa shape index (κ2) is 5.90. The number of benzene rings is 2. The van der Waals surface area contributed by atoms with E-state index in [1.807, 2.05) is 12.1 Å². The molecule has 2 aromatic rings. The minimum Gasteiger partial charge on any atom is -0.493 e. The molecule has 0 N–H and O–H groups in total. The fourth-order valence-corrected chi connectivity index (χ4v) is 3.96. The van der Waals surface area contributed by atoms with Crippen LogP contribution in [0.15, 0.2) is 40.9 Å². The average molecular weight is 368 g/mol. The van der Waals surface area contributed by atoms with Gasteiger partial charge >= 0.3 is 0 Å². The molecule has 21 heavy (non-hydrogen) atoms. The Balaban J connectivity index is 1.94. The summed E-state index contributed by atoms with van der Waals surface area (Å²) < 4.78 is 11.6. The van der Waals surface area contributed by atoms with Gasteiger partial charge in [0.05, 0.1) is 19.6 Å². The van der Waals surface area contributed by atoms with Crippen molar-refractivity contribution in [1.82, 2.24) is 0 Å². The lowest BCUT2D eigenvalue weighted by Crippen LogP contribution is -2.21. The molecule has 0 saturated heterocycles. The van der Waals surface area contributed by atoms with E-state index in [2.05, 4.69) is 40.2 Å². The first kappa shape index (κ1) is 14.7. The Morgan fingerprint density at radius 2 is 1.81 bits per heavy atom. The lowest BCUT2D eigenvalue weighted by atomic mass is 9.74. The van der Waals surface area contributed by atoms with Gasteiger partial charge in [-0.3, -0.25) is 0 Å². The maximum absolute atomic E-state index is 6.74. The zero-order valence-electron chi connectivity index (χ0n) is 11.9. The molecule has 0 saturated carbocycles. The van der Waals surface area contributed by atoms with E-state index >= 15 is 0 Å². The van der Waals surface area contributed by atoms with E-state index in [9.17, 15) is 0 Å². The highest BCUT2D eigenvalue weighted by Crippen LogP contribution is 2.49. The van der Waals surface area contributed by atoms with E-state index in [0.717, 1.165) is 16.5 Å². The Labute approximate surface area is 138 Å². The third kappa shape index (κ3) is 2.53. The van der Waals surface area contributed by atoms with E-state index < -0.39 is 0 Å². The molecule has 0 radical (unpaired) electrons. The van der Waals surface area contributed by atoms with Gasteiger partial charge in [0.2, 0.25) is 0 Å². The molecule has 0 bridgehead atoms. The van der Waals surface area contributed by atoms with Crippen LogP contribution in [-0.2, 0) is 6.42 Å². The van der Waals surface area contributed by atoms with Gasteiger partial charge in [-0.25, -0.2) is 0 Å². The molecule has 0 fully saturated rings. The zero-order valence-corrected chi connectivity index (χ0v) is 14.2. The van der Waals surface area contributed by atoms with E-state index in [4.69, 9.17) is 21.1 Å². The van der Waals surface area contributed by atoms with Crippen molar-refractivity contribution in [2.24, 2.45) is 0 Å². The average Bonchev–Trinajstić information content (AvgIpc) is 2.48. The van der Waals surface area contributed by atoms with Gasteiger partial charge in [-0.15, -0.1) is 11.6 Å². The van der Waals surface area contributed by atoms with Crippen LogP contribution in [0.4, 0.5) is 0 Å². The van der Waals surface area contributed by atoms with Crippen molar-refractivity contribution in [3.05, 3.63) is 57.6 Å². The number of hydrogen-bond donors (Lipinski definition) is 0. The molecule has 0 aliphatic heterocycles. The number of alkyl halides is 1. The second-order valence-electron chi connectivity index (χ2n) is 5.14. The van der Waals surface area contributed by atoms with E-state index in [0.29, 0.717) is 17.4 Å². The molecule has 0 amide bonds. The predicted octanol–water partition coefficient (Wildman–Crippen LogP) is 5.09. The molecule has 1 aliphatic rings. The number of halogens is 2. The largest absolute Gasteiger partial charge is 0.493 e. The number of ether oxygens (including phenoxy) is 2. The van der Waals surface area contributed by atoms with Crippen molar-refractivity contribution in [2.75, 3.05) is 14.2 Å². The molecular weight excluding hydrogens is 352 g/mol. The Kier molecular flexibility index (Phi) is 4.14. The highest BCUT2D eigenvalue weighted by atomic mass is 79.9. The summed E-state index contributed by atoms with van der Waals surface area (Å²) in [5.74, 6) is 1.75. The molecule has 2 aromatic carbocycles. The molecule has 2 nitrogen and oxygen atoms in total. The quantitative estimate of drug-likeness (QED) is 0.701. The molecule has 0 heterocycles. The number of rotatable bonds is 4. The number of methoxy groups -OCH3 is 2. The summed E-state index contributed by atoms with van der Waals surface area (Å²) in [5, 5.41) is -0.0888. The summed E-state index contributed by atoms with van der Waals surface area (Å²) in [6.45, 7) is 0. The van der Waals surface area contributed by atoms with Crippen molar-refractivity contribution in [1.29, 1.82) is 0 Å². The van der Waals surface area contributed by atoms with Crippen LogP contribution in [0.1, 0.15) is 28.0 Å². The number of hydrogen-bond acceptors (Lipinski definition) is 2. The van der Waals surface area contributed by atoms with Gasteiger partial charge in [0.1, 0.15) is 0 Å². The van der Waals surface area contributed by atoms with Crippen LogP contribution in [0.5, 0.6) is 11.5 Å². The van der Waals surface area contributed by atoms with E-state index in [1.165, 1.54) is 11.1 Å². The lowest BCUT2D eigenvalue weighted by molar-refractivity contribution is 0.354. The van der Waals surface area contributed by atoms with Crippen LogP contribution in [0.2, 0.25) is 0 Å². The van der Waals surface area contributed by atoms with Crippen LogP contribution >= 0.6 is 27.5 Å². The number of fused-ring (bicyclic) bond motifs is 1. The van der Waals surface area contributed by atoms with Crippen LogP contribution in [0.3, 0.4) is 0 Å². The van der Waals surface area contributed by atoms with E-state index in [1.54, 1.807) is 14.2 Å². The maximum atomic E-state index is 6.74. The molecule has 0 spiro atoms. The molecule has 2 atom stereocenters. The van der Waals surface area contributed by atoms with Crippen molar-refractivity contribution in [2.45, 2.75) is 17.7 Å². The molecule has 3 rings (SSSR count). The first-order valence-electron chi connectivity index (χ1n) is 6.79. The summed E-state index contributed by atoms with van der Waals surface area (Å²) in [6.07, 6.45) is 1.02. The fourth-order valence-electron chi connectivity index (χ4n) is 2.86. The Morgan fingerprint density at radius 3 is 2.48 bits per heavy atom. The Morgan fingerprint density at radius 1 is 1.14 bits per heavy atom.